The maximum absolute atomic E-state index is 12.7. The van der Waals surface area contributed by atoms with Crippen LogP contribution in [0.1, 0.15) is 23.0 Å². The lowest BCUT2D eigenvalue weighted by Crippen LogP contribution is -2.34. The molecule has 148 valence electrons. The molecule has 0 saturated heterocycles. The van der Waals surface area contributed by atoms with Gasteiger partial charge >= 0.3 is 0 Å². The van der Waals surface area contributed by atoms with Crippen LogP contribution >= 0.6 is 11.6 Å². The molecule has 1 amide bonds. The predicted octanol–water partition coefficient (Wildman–Crippen LogP) is 4.21. The molecule has 6 nitrogen and oxygen atoms in total. The number of benzene rings is 2. The summed E-state index contributed by atoms with van der Waals surface area (Å²) < 4.78 is 16.2. The Balaban J connectivity index is 1.83. The average molecular weight is 403 g/mol. The lowest BCUT2D eigenvalue weighted by molar-refractivity contribution is 0.0936. The number of halogens is 1. The number of nitrogens with one attached hydrogen (secondary N) is 2. The number of H-pyrrole nitrogens is 1. The van der Waals surface area contributed by atoms with E-state index in [0.717, 1.165) is 10.9 Å². The molecule has 7 heteroatoms. The minimum Gasteiger partial charge on any atom is -0.493 e. The van der Waals surface area contributed by atoms with E-state index in [9.17, 15) is 4.79 Å². The molecule has 0 aliphatic carbocycles. The highest BCUT2D eigenvalue weighted by atomic mass is 35.5. The van der Waals surface area contributed by atoms with E-state index in [1.54, 1.807) is 33.5 Å². The summed E-state index contributed by atoms with van der Waals surface area (Å²) in [6.07, 6.45) is 0.678. The van der Waals surface area contributed by atoms with E-state index in [1.165, 1.54) is 0 Å². The molecule has 2 N–H and O–H groups in total. The van der Waals surface area contributed by atoms with Crippen molar-refractivity contribution in [2.75, 3.05) is 21.3 Å². The van der Waals surface area contributed by atoms with Crippen LogP contribution in [0, 0.1) is 0 Å². The number of ether oxygens (including phenoxy) is 3. The van der Waals surface area contributed by atoms with Gasteiger partial charge in [0.15, 0.2) is 11.5 Å². The third-order valence-electron chi connectivity index (χ3n) is 4.47. The number of hydrogen-bond acceptors (Lipinski definition) is 4. The highest BCUT2D eigenvalue weighted by molar-refractivity contribution is 6.30. The van der Waals surface area contributed by atoms with Gasteiger partial charge in [0.2, 0.25) is 5.75 Å². The van der Waals surface area contributed by atoms with E-state index in [2.05, 4.69) is 10.3 Å². The molecular formula is C21H23ClN2O4. The van der Waals surface area contributed by atoms with Crippen molar-refractivity contribution < 1.29 is 19.0 Å². The molecule has 0 saturated carbocycles. The number of carbonyl (C=O) groups is 1. The van der Waals surface area contributed by atoms with Crippen molar-refractivity contribution in [3.8, 4) is 17.2 Å². The van der Waals surface area contributed by atoms with Gasteiger partial charge in [0.1, 0.15) is 5.69 Å². The van der Waals surface area contributed by atoms with E-state index in [-0.39, 0.29) is 11.9 Å². The second-order valence-corrected chi connectivity index (χ2v) is 6.94. The van der Waals surface area contributed by atoms with Crippen molar-refractivity contribution in [1.29, 1.82) is 0 Å². The van der Waals surface area contributed by atoms with Crippen LogP contribution in [0.2, 0.25) is 5.02 Å². The van der Waals surface area contributed by atoms with Gasteiger partial charge in [-0.3, -0.25) is 4.79 Å². The third-order valence-corrected chi connectivity index (χ3v) is 4.71. The molecule has 2 aromatic carbocycles. The van der Waals surface area contributed by atoms with Crippen molar-refractivity contribution in [2.24, 2.45) is 0 Å². The van der Waals surface area contributed by atoms with Gasteiger partial charge in [0.25, 0.3) is 5.91 Å². The zero-order valence-corrected chi connectivity index (χ0v) is 17.0. The topological polar surface area (TPSA) is 72.6 Å². The van der Waals surface area contributed by atoms with E-state index >= 15 is 0 Å². The van der Waals surface area contributed by atoms with E-state index < -0.39 is 0 Å². The highest BCUT2D eigenvalue weighted by Gasteiger charge is 2.20. The minimum atomic E-state index is -0.203. The fraction of sp³-hybridized carbons (Fsp3) is 0.286. The Bertz CT molecular complexity index is 999. The Labute approximate surface area is 168 Å². The Morgan fingerprint density at radius 2 is 1.86 bits per heavy atom. The molecule has 1 atom stereocenters. The number of carbonyl (C=O) groups excluding carboxylic acids is 1. The highest BCUT2D eigenvalue weighted by Crippen LogP contribution is 2.43. The average Bonchev–Trinajstić information content (AvgIpc) is 3.10. The molecule has 3 aromatic rings. The Morgan fingerprint density at radius 3 is 2.50 bits per heavy atom. The first-order valence-corrected chi connectivity index (χ1v) is 9.21. The van der Waals surface area contributed by atoms with Crippen LogP contribution < -0.4 is 19.5 Å². The fourth-order valence-corrected chi connectivity index (χ4v) is 3.45. The largest absolute Gasteiger partial charge is 0.493 e. The number of hydrogen-bond donors (Lipinski definition) is 2. The van der Waals surface area contributed by atoms with Crippen LogP contribution in [0.5, 0.6) is 17.2 Å². The van der Waals surface area contributed by atoms with Gasteiger partial charge in [-0.2, -0.15) is 0 Å². The van der Waals surface area contributed by atoms with Crippen LogP contribution in [-0.4, -0.2) is 38.3 Å². The van der Waals surface area contributed by atoms with Crippen LogP contribution in [0.4, 0.5) is 0 Å². The summed E-state index contributed by atoms with van der Waals surface area (Å²) in [5.41, 5.74) is 2.17. The molecule has 1 aromatic heterocycles. The molecule has 1 unspecified atom stereocenters. The van der Waals surface area contributed by atoms with Crippen molar-refractivity contribution >= 4 is 28.4 Å². The van der Waals surface area contributed by atoms with Gasteiger partial charge < -0.3 is 24.5 Å². The molecule has 28 heavy (non-hydrogen) atoms. The monoisotopic (exact) mass is 402 g/mol. The Kier molecular flexibility index (Phi) is 5.99. The normalized spacial score (nSPS) is 11.9. The molecule has 0 aliphatic heterocycles. The molecule has 0 spiro atoms. The van der Waals surface area contributed by atoms with Gasteiger partial charge in [-0.1, -0.05) is 23.7 Å². The summed E-state index contributed by atoms with van der Waals surface area (Å²) in [6, 6.07) is 11.1. The maximum Gasteiger partial charge on any atom is 0.267 e. The smallest absolute Gasteiger partial charge is 0.267 e. The number of methoxy groups -OCH3 is 3. The minimum absolute atomic E-state index is 0.0663. The molecule has 1 heterocycles. The lowest BCUT2D eigenvalue weighted by atomic mass is 10.1. The summed E-state index contributed by atoms with van der Waals surface area (Å²) in [4.78, 5) is 15.8. The number of amides is 1. The first-order chi connectivity index (χ1) is 13.5. The van der Waals surface area contributed by atoms with Crippen molar-refractivity contribution in [3.05, 3.63) is 52.7 Å². The van der Waals surface area contributed by atoms with Gasteiger partial charge in [-0.15, -0.1) is 0 Å². The van der Waals surface area contributed by atoms with Crippen molar-refractivity contribution in [1.82, 2.24) is 10.3 Å². The summed E-state index contributed by atoms with van der Waals surface area (Å²) in [5, 5.41) is 4.48. The van der Waals surface area contributed by atoms with Gasteiger partial charge in [-0.25, -0.2) is 0 Å². The Morgan fingerprint density at radius 1 is 1.11 bits per heavy atom. The molecule has 0 radical (unpaired) electrons. The fourth-order valence-electron chi connectivity index (χ4n) is 3.24. The zero-order chi connectivity index (χ0) is 20.3. The summed E-state index contributed by atoms with van der Waals surface area (Å²) >= 11 is 6.03. The van der Waals surface area contributed by atoms with Gasteiger partial charge in [0.05, 0.1) is 26.8 Å². The second-order valence-electron chi connectivity index (χ2n) is 6.50. The van der Waals surface area contributed by atoms with E-state index in [1.807, 2.05) is 31.2 Å². The van der Waals surface area contributed by atoms with E-state index in [4.69, 9.17) is 25.8 Å². The predicted molar refractivity (Wildman–Crippen MR) is 110 cm³/mol. The number of rotatable bonds is 7. The second kappa shape index (κ2) is 8.44. The summed E-state index contributed by atoms with van der Waals surface area (Å²) in [5.74, 6) is 1.29. The summed E-state index contributed by atoms with van der Waals surface area (Å²) in [6.45, 7) is 1.95. The lowest BCUT2D eigenvalue weighted by Gasteiger charge is -2.13. The molecular weight excluding hydrogens is 380 g/mol. The van der Waals surface area contributed by atoms with Gasteiger partial charge in [-0.05, 0) is 43.2 Å². The van der Waals surface area contributed by atoms with Gasteiger partial charge in [0, 0.05) is 16.5 Å². The maximum atomic E-state index is 12.7. The zero-order valence-electron chi connectivity index (χ0n) is 16.3. The molecule has 0 aliphatic rings. The van der Waals surface area contributed by atoms with Crippen LogP contribution in [0.25, 0.3) is 10.9 Å². The van der Waals surface area contributed by atoms with Crippen molar-refractivity contribution in [3.63, 3.8) is 0 Å². The number of aromatic amines is 1. The molecule has 0 bridgehead atoms. The first kappa shape index (κ1) is 19.9. The van der Waals surface area contributed by atoms with E-state index in [0.29, 0.717) is 39.9 Å². The first-order valence-electron chi connectivity index (χ1n) is 8.83. The quantitative estimate of drug-likeness (QED) is 0.621. The van der Waals surface area contributed by atoms with Crippen LogP contribution in [0.3, 0.4) is 0 Å². The molecule has 0 fully saturated rings. The SMILES string of the molecule is COc1cc2cc(C(=O)NC(C)Cc3cccc(Cl)c3)[nH]c2c(OC)c1OC. The van der Waals surface area contributed by atoms with Crippen molar-refractivity contribution in [2.45, 2.75) is 19.4 Å². The van der Waals surface area contributed by atoms with Crippen LogP contribution in [-0.2, 0) is 6.42 Å². The number of aromatic nitrogens is 1. The number of fused-ring (bicyclic) bond motifs is 1. The summed E-state index contributed by atoms with van der Waals surface area (Å²) in [7, 11) is 4.64. The van der Waals surface area contributed by atoms with Crippen LogP contribution in [0.15, 0.2) is 36.4 Å². The molecule has 3 rings (SSSR count). The standard InChI is InChI=1S/C21H23ClN2O4/c1-12(8-13-6-5-7-15(22)9-13)23-21(25)16-10-14-11-17(26-2)19(27-3)20(28-4)18(14)24-16/h5-7,9-12,24H,8H2,1-4H3,(H,23,25). The Hall–Kier alpha value is -2.86. The third kappa shape index (κ3) is 4.02.